The number of nitrogens with one attached hydrogen (secondary N) is 1. The molecule has 1 unspecified atom stereocenters. The number of rotatable bonds is 6. The predicted octanol–water partition coefficient (Wildman–Crippen LogP) is 2.37. The summed E-state index contributed by atoms with van der Waals surface area (Å²) < 4.78 is 14.1. The quantitative estimate of drug-likeness (QED) is 0.863. The first-order valence-electron chi connectivity index (χ1n) is 9.01. The van der Waals surface area contributed by atoms with E-state index in [1.807, 2.05) is 6.92 Å². The van der Waals surface area contributed by atoms with Gasteiger partial charge in [-0.15, -0.1) is 0 Å². The second-order valence-electron chi connectivity index (χ2n) is 6.93. The number of hydrogen-bond donors (Lipinski definition) is 1. The van der Waals surface area contributed by atoms with Crippen molar-refractivity contribution in [2.24, 2.45) is 0 Å². The Labute approximate surface area is 153 Å². The number of fused-ring (bicyclic) bond motifs is 1. The molecule has 1 aromatic heterocycles. The van der Waals surface area contributed by atoms with E-state index in [1.54, 1.807) is 37.2 Å². The molecule has 0 saturated carbocycles. The van der Waals surface area contributed by atoms with Crippen LogP contribution in [0, 0.1) is 12.7 Å². The number of aromatic nitrogens is 2. The summed E-state index contributed by atoms with van der Waals surface area (Å²) in [6.07, 6.45) is 3.77. The van der Waals surface area contributed by atoms with Gasteiger partial charge in [-0.05, 0) is 51.9 Å². The van der Waals surface area contributed by atoms with Gasteiger partial charge < -0.3 is 5.32 Å². The first kappa shape index (κ1) is 18.5. The molecule has 0 bridgehead atoms. The van der Waals surface area contributed by atoms with Crippen LogP contribution in [0.25, 0.3) is 0 Å². The predicted molar refractivity (Wildman–Crippen MR) is 98.3 cm³/mol. The normalized spacial score (nSPS) is 14.3. The molecule has 0 spiro atoms. The lowest BCUT2D eigenvalue weighted by atomic mass is 10.0. The third kappa shape index (κ3) is 3.90. The fraction of sp³-hybridized carbons (Fsp3) is 0.450. The molecule has 6 heteroatoms. The summed E-state index contributed by atoms with van der Waals surface area (Å²) in [5.74, 6) is 0.160. The van der Waals surface area contributed by atoms with Crippen LogP contribution in [0.1, 0.15) is 40.8 Å². The van der Waals surface area contributed by atoms with E-state index in [9.17, 15) is 9.18 Å². The molecule has 1 N–H and O–H groups in total. The number of carbonyl (C=O) groups is 1. The third-order valence-corrected chi connectivity index (χ3v) is 4.80. The SMILES string of the molecule is Cc1nc(CCNC(=O)C(c2ccccc2F)N(C)C)nc2c1CCC2. The van der Waals surface area contributed by atoms with Gasteiger partial charge in [0.25, 0.3) is 0 Å². The van der Waals surface area contributed by atoms with Crippen molar-refractivity contribution in [1.29, 1.82) is 0 Å². The Morgan fingerprint density at radius 1 is 1.27 bits per heavy atom. The average Bonchev–Trinajstić information content (AvgIpc) is 3.06. The molecule has 5 nitrogen and oxygen atoms in total. The van der Waals surface area contributed by atoms with Gasteiger partial charge in [-0.1, -0.05) is 18.2 Å². The van der Waals surface area contributed by atoms with E-state index in [0.717, 1.165) is 36.5 Å². The monoisotopic (exact) mass is 356 g/mol. The highest BCUT2D eigenvalue weighted by molar-refractivity contribution is 5.83. The molecule has 3 rings (SSSR count). The zero-order chi connectivity index (χ0) is 18.7. The van der Waals surface area contributed by atoms with Crippen molar-refractivity contribution in [3.8, 4) is 0 Å². The summed E-state index contributed by atoms with van der Waals surface area (Å²) in [4.78, 5) is 23.5. The highest BCUT2D eigenvalue weighted by Gasteiger charge is 2.25. The number of hydrogen-bond acceptors (Lipinski definition) is 4. The highest BCUT2D eigenvalue weighted by atomic mass is 19.1. The molecule has 1 aliphatic carbocycles. The third-order valence-electron chi connectivity index (χ3n) is 4.80. The maximum absolute atomic E-state index is 14.1. The van der Waals surface area contributed by atoms with Gasteiger partial charge in [0, 0.05) is 29.9 Å². The summed E-state index contributed by atoms with van der Waals surface area (Å²) >= 11 is 0. The molecular weight excluding hydrogens is 331 g/mol. The van der Waals surface area contributed by atoms with Gasteiger partial charge in [-0.3, -0.25) is 9.69 Å². The van der Waals surface area contributed by atoms with Crippen LogP contribution in [0.4, 0.5) is 4.39 Å². The first-order chi connectivity index (χ1) is 12.5. The van der Waals surface area contributed by atoms with E-state index in [4.69, 9.17) is 0 Å². The minimum Gasteiger partial charge on any atom is -0.354 e. The van der Waals surface area contributed by atoms with Gasteiger partial charge >= 0.3 is 0 Å². The van der Waals surface area contributed by atoms with Gasteiger partial charge in [-0.25, -0.2) is 14.4 Å². The van der Waals surface area contributed by atoms with Crippen LogP contribution >= 0.6 is 0 Å². The molecule has 1 heterocycles. The molecule has 138 valence electrons. The fourth-order valence-electron chi connectivity index (χ4n) is 3.54. The highest BCUT2D eigenvalue weighted by Crippen LogP contribution is 2.23. The van der Waals surface area contributed by atoms with E-state index in [0.29, 0.717) is 18.5 Å². The van der Waals surface area contributed by atoms with Crippen molar-refractivity contribution >= 4 is 5.91 Å². The topological polar surface area (TPSA) is 58.1 Å². The standard InChI is InChI=1S/C20H25FN4O/c1-13-14-8-6-10-17(14)24-18(23-13)11-12-22-20(26)19(25(2)3)15-7-4-5-9-16(15)21/h4-5,7,9,19H,6,8,10-12H2,1-3H3,(H,22,26). The Morgan fingerprint density at radius 3 is 2.77 bits per heavy atom. The maximum Gasteiger partial charge on any atom is 0.242 e. The molecule has 2 aromatic rings. The van der Waals surface area contributed by atoms with Gasteiger partial charge in [-0.2, -0.15) is 0 Å². The number of benzene rings is 1. The maximum atomic E-state index is 14.1. The van der Waals surface area contributed by atoms with Gasteiger partial charge in [0.05, 0.1) is 0 Å². The van der Waals surface area contributed by atoms with Crippen LogP contribution in [0.3, 0.4) is 0 Å². The number of aryl methyl sites for hydroxylation is 2. The molecule has 1 atom stereocenters. The Hall–Kier alpha value is -2.34. The number of carbonyl (C=O) groups excluding carboxylic acids is 1. The van der Waals surface area contributed by atoms with Crippen LogP contribution in [0.15, 0.2) is 24.3 Å². The van der Waals surface area contributed by atoms with Crippen LogP contribution in [-0.4, -0.2) is 41.4 Å². The second-order valence-corrected chi connectivity index (χ2v) is 6.93. The molecule has 1 aromatic carbocycles. The van der Waals surface area contributed by atoms with Gasteiger partial charge in [0.15, 0.2) is 0 Å². The Bertz CT molecular complexity index is 806. The summed E-state index contributed by atoms with van der Waals surface area (Å²) in [5, 5.41) is 2.90. The molecule has 0 radical (unpaired) electrons. The molecule has 0 fully saturated rings. The smallest absolute Gasteiger partial charge is 0.242 e. The minimum absolute atomic E-state index is 0.224. The van der Waals surface area contributed by atoms with E-state index < -0.39 is 6.04 Å². The summed E-state index contributed by atoms with van der Waals surface area (Å²) in [5.41, 5.74) is 3.85. The number of likely N-dealkylation sites (N-methyl/N-ethyl adjacent to an activating group) is 1. The average molecular weight is 356 g/mol. The van der Waals surface area contributed by atoms with Crippen molar-refractivity contribution in [2.45, 2.75) is 38.6 Å². The molecule has 0 aliphatic heterocycles. The molecule has 1 aliphatic rings. The van der Waals surface area contributed by atoms with Crippen molar-refractivity contribution in [3.63, 3.8) is 0 Å². The van der Waals surface area contributed by atoms with Crippen LogP contribution in [0.2, 0.25) is 0 Å². The van der Waals surface area contributed by atoms with Gasteiger partial charge in [0.1, 0.15) is 17.7 Å². The number of amides is 1. The second kappa shape index (κ2) is 7.91. The minimum atomic E-state index is -0.668. The van der Waals surface area contributed by atoms with E-state index >= 15 is 0 Å². The van der Waals surface area contributed by atoms with Crippen LogP contribution in [-0.2, 0) is 24.1 Å². The Balaban J connectivity index is 1.64. The largest absolute Gasteiger partial charge is 0.354 e. The number of nitrogens with zero attached hydrogens (tertiary/aromatic N) is 3. The van der Waals surface area contributed by atoms with E-state index in [1.165, 1.54) is 11.6 Å². The van der Waals surface area contributed by atoms with Crippen molar-refractivity contribution in [1.82, 2.24) is 20.2 Å². The lowest BCUT2D eigenvalue weighted by Crippen LogP contribution is -2.38. The van der Waals surface area contributed by atoms with Crippen molar-refractivity contribution < 1.29 is 9.18 Å². The Kier molecular flexibility index (Phi) is 5.61. The lowest BCUT2D eigenvalue weighted by Gasteiger charge is -2.24. The van der Waals surface area contributed by atoms with Crippen molar-refractivity contribution in [2.75, 3.05) is 20.6 Å². The first-order valence-corrected chi connectivity index (χ1v) is 9.01. The zero-order valence-corrected chi connectivity index (χ0v) is 15.6. The fourth-order valence-corrected chi connectivity index (χ4v) is 3.54. The Morgan fingerprint density at radius 2 is 2.04 bits per heavy atom. The molecular formula is C20H25FN4O. The van der Waals surface area contributed by atoms with Crippen molar-refractivity contribution in [3.05, 3.63) is 58.4 Å². The lowest BCUT2D eigenvalue weighted by molar-refractivity contribution is -0.125. The summed E-state index contributed by atoms with van der Waals surface area (Å²) in [6, 6.07) is 5.71. The van der Waals surface area contributed by atoms with E-state index in [-0.39, 0.29) is 11.7 Å². The van der Waals surface area contributed by atoms with Gasteiger partial charge in [0.2, 0.25) is 5.91 Å². The summed E-state index contributed by atoms with van der Waals surface area (Å²) in [7, 11) is 3.54. The van der Waals surface area contributed by atoms with E-state index in [2.05, 4.69) is 15.3 Å². The molecule has 26 heavy (non-hydrogen) atoms. The zero-order valence-electron chi connectivity index (χ0n) is 15.6. The molecule has 1 amide bonds. The number of halogens is 1. The summed E-state index contributed by atoms with van der Waals surface area (Å²) in [6.45, 7) is 2.45. The van der Waals surface area contributed by atoms with Crippen LogP contribution < -0.4 is 5.32 Å². The van der Waals surface area contributed by atoms with Crippen LogP contribution in [0.5, 0.6) is 0 Å². The molecule has 0 saturated heterocycles.